The number of aromatic nitrogens is 1. The van der Waals surface area contributed by atoms with Crippen molar-refractivity contribution in [2.24, 2.45) is 17.0 Å². The van der Waals surface area contributed by atoms with Gasteiger partial charge >= 0.3 is 6.03 Å². The van der Waals surface area contributed by atoms with E-state index < -0.39 is 40.1 Å². The molecule has 2 unspecified atom stereocenters. The van der Waals surface area contributed by atoms with Crippen LogP contribution in [0.15, 0.2) is 70.0 Å². The van der Waals surface area contributed by atoms with Gasteiger partial charge < -0.3 is 30.6 Å². The van der Waals surface area contributed by atoms with Gasteiger partial charge in [-0.1, -0.05) is 74.3 Å². The number of oxime groups is 1. The van der Waals surface area contributed by atoms with Crippen molar-refractivity contribution in [3.63, 3.8) is 0 Å². The van der Waals surface area contributed by atoms with Crippen LogP contribution < -0.4 is 10.6 Å². The Morgan fingerprint density at radius 2 is 1.84 bits per heavy atom. The smallest absolute Gasteiger partial charge is 0.318 e. The minimum Gasteiger partial charge on any atom is -0.411 e. The minimum absolute atomic E-state index is 0.0454. The molecule has 0 aliphatic heterocycles. The topological polar surface area (TPSA) is 174 Å². The van der Waals surface area contributed by atoms with Gasteiger partial charge in [-0.05, 0) is 54.4 Å². The van der Waals surface area contributed by atoms with Gasteiger partial charge in [0.2, 0.25) is 15.9 Å². The summed E-state index contributed by atoms with van der Waals surface area (Å²) in [6.07, 6.45) is 3.53. The summed E-state index contributed by atoms with van der Waals surface area (Å²) in [6, 6.07) is 13.1. The van der Waals surface area contributed by atoms with Crippen LogP contribution in [-0.4, -0.2) is 96.5 Å². The van der Waals surface area contributed by atoms with E-state index in [1.807, 2.05) is 49.6 Å². The van der Waals surface area contributed by atoms with Gasteiger partial charge in [-0.25, -0.2) is 18.2 Å². The minimum atomic E-state index is -4.04. The number of nitrogens with zero attached hydrogens (tertiary/aromatic N) is 4. The Kier molecular flexibility index (Phi) is 14.9. The molecule has 1 aliphatic rings. The lowest BCUT2D eigenvalue weighted by atomic mass is 9.85. The summed E-state index contributed by atoms with van der Waals surface area (Å²) in [5.41, 5.74) is 2.08. The molecule has 0 spiro atoms. The average Bonchev–Trinajstić information content (AvgIpc) is 3.54. The molecule has 3 amide bonds. The van der Waals surface area contributed by atoms with Crippen LogP contribution in [0.3, 0.4) is 0 Å². The first-order valence-electron chi connectivity index (χ1n) is 17.2. The molecule has 4 atom stereocenters. The molecular weight excluding hydrogens is 693 g/mol. The summed E-state index contributed by atoms with van der Waals surface area (Å²) in [5, 5.41) is 32.2. The van der Waals surface area contributed by atoms with Crippen molar-refractivity contribution in [1.29, 1.82) is 0 Å². The lowest BCUT2D eigenvalue weighted by Gasteiger charge is -2.35. The maximum atomic E-state index is 14.0. The Balaban J connectivity index is 1.54. The average molecular weight is 743 g/mol. The predicted octanol–water partition coefficient (Wildman–Crippen LogP) is 4.23. The maximum Gasteiger partial charge on any atom is 0.318 e. The molecule has 4 rings (SSSR count). The Morgan fingerprint density at radius 1 is 1.14 bits per heavy atom. The third-order valence-electron chi connectivity index (χ3n) is 9.28. The van der Waals surface area contributed by atoms with Gasteiger partial charge in [-0.3, -0.25) is 4.79 Å². The second kappa shape index (κ2) is 19.1. The number of ether oxygens (including phenoxy) is 1. The molecule has 13 nitrogen and oxygen atoms in total. The van der Waals surface area contributed by atoms with E-state index in [0.717, 1.165) is 29.8 Å². The molecule has 51 heavy (non-hydrogen) atoms. The van der Waals surface area contributed by atoms with Crippen molar-refractivity contribution in [2.45, 2.75) is 82.2 Å². The summed E-state index contributed by atoms with van der Waals surface area (Å²) < 4.78 is 34.4. The highest BCUT2D eigenvalue weighted by molar-refractivity contribution is 7.89. The van der Waals surface area contributed by atoms with Crippen LogP contribution >= 0.6 is 11.3 Å². The number of aliphatic hydroxyl groups is 1. The van der Waals surface area contributed by atoms with Crippen molar-refractivity contribution in [2.75, 3.05) is 27.2 Å². The summed E-state index contributed by atoms with van der Waals surface area (Å²) >= 11 is 1.44. The van der Waals surface area contributed by atoms with Gasteiger partial charge in [0.05, 0.1) is 42.1 Å². The molecule has 278 valence electrons. The number of rotatable bonds is 19. The zero-order valence-electron chi connectivity index (χ0n) is 29.6. The van der Waals surface area contributed by atoms with Crippen molar-refractivity contribution in [3.8, 4) is 0 Å². The Morgan fingerprint density at radius 3 is 2.45 bits per heavy atom. The van der Waals surface area contributed by atoms with Crippen LogP contribution in [0.4, 0.5) is 4.79 Å². The number of urea groups is 1. The van der Waals surface area contributed by atoms with Crippen molar-refractivity contribution in [3.05, 3.63) is 81.8 Å². The van der Waals surface area contributed by atoms with E-state index in [4.69, 9.17) is 9.94 Å². The van der Waals surface area contributed by atoms with Gasteiger partial charge in [0.15, 0.2) is 0 Å². The van der Waals surface area contributed by atoms with Crippen LogP contribution in [0.1, 0.15) is 61.4 Å². The third kappa shape index (κ3) is 11.3. The zero-order chi connectivity index (χ0) is 37.0. The SMILES string of the molecule is CCC(C)C(NC(=O)N(C)Cc1csc(COC)n1)C(=O)N[C@@H](Cc1ccccc1)[C@H](O)CN(CC1CCC1)S(=O)(=O)c1ccc(/C=N/O)cc1. The number of hydrogen-bond donors (Lipinski definition) is 4. The van der Waals surface area contributed by atoms with E-state index in [-0.39, 0.29) is 42.8 Å². The third-order valence-corrected chi connectivity index (χ3v) is 12.0. The highest BCUT2D eigenvalue weighted by atomic mass is 32.2. The number of hydrogen-bond acceptors (Lipinski definition) is 10. The number of methoxy groups -OCH3 is 1. The first kappa shape index (κ1) is 39.9. The molecule has 0 bridgehead atoms. The number of nitrogens with one attached hydrogen (secondary N) is 2. The first-order chi connectivity index (χ1) is 24.4. The molecule has 15 heteroatoms. The number of amides is 3. The summed E-state index contributed by atoms with van der Waals surface area (Å²) in [5.74, 6) is -0.566. The fraction of sp³-hybridized carbons (Fsp3) is 0.500. The Hall–Kier alpha value is -3.89. The van der Waals surface area contributed by atoms with Gasteiger partial charge in [0.1, 0.15) is 11.0 Å². The van der Waals surface area contributed by atoms with Crippen LogP contribution in [-0.2, 0) is 39.1 Å². The van der Waals surface area contributed by atoms with Crippen molar-refractivity contribution >= 4 is 39.5 Å². The molecule has 3 aromatic rings. The fourth-order valence-electron chi connectivity index (χ4n) is 5.81. The van der Waals surface area contributed by atoms with Gasteiger partial charge in [0, 0.05) is 32.6 Å². The number of aliphatic hydroxyl groups excluding tert-OH is 1. The second-order valence-corrected chi connectivity index (χ2v) is 16.0. The number of sulfonamides is 1. The van der Waals surface area contributed by atoms with E-state index in [1.54, 1.807) is 26.3 Å². The molecule has 1 heterocycles. The number of carbonyl (C=O) groups excluding carboxylic acids is 2. The molecule has 4 N–H and O–H groups in total. The Bertz CT molecular complexity index is 1680. The van der Waals surface area contributed by atoms with E-state index in [0.29, 0.717) is 24.3 Å². The molecular formula is C36H50N6O7S2. The highest BCUT2D eigenvalue weighted by Crippen LogP contribution is 2.30. The van der Waals surface area contributed by atoms with E-state index in [9.17, 15) is 23.1 Å². The Labute approximate surface area is 304 Å². The van der Waals surface area contributed by atoms with E-state index in [1.165, 1.54) is 38.9 Å². The molecule has 0 radical (unpaired) electrons. The quantitative estimate of drug-likeness (QED) is 0.0803. The maximum absolute atomic E-state index is 14.0. The zero-order valence-corrected chi connectivity index (χ0v) is 31.3. The molecule has 1 aromatic heterocycles. The van der Waals surface area contributed by atoms with E-state index in [2.05, 4.69) is 20.8 Å². The van der Waals surface area contributed by atoms with Gasteiger partial charge in [0.25, 0.3) is 0 Å². The summed E-state index contributed by atoms with van der Waals surface area (Å²) in [6.45, 7) is 4.39. The molecule has 2 aromatic carbocycles. The lowest BCUT2D eigenvalue weighted by molar-refractivity contribution is -0.125. The van der Waals surface area contributed by atoms with E-state index >= 15 is 0 Å². The summed E-state index contributed by atoms with van der Waals surface area (Å²) in [7, 11) is -0.821. The largest absolute Gasteiger partial charge is 0.411 e. The molecule has 1 saturated carbocycles. The lowest BCUT2D eigenvalue weighted by Crippen LogP contribution is -2.58. The first-order valence-corrected chi connectivity index (χ1v) is 19.5. The molecule has 0 saturated heterocycles. The van der Waals surface area contributed by atoms with Crippen molar-refractivity contribution < 1.29 is 33.1 Å². The number of thiazole rings is 1. The fourth-order valence-corrected chi connectivity index (χ4v) is 8.10. The molecule has 1 fully saturated rings. The normalized spacial score (nSPS) is 16.0. The molecule has 1 aliphatic carbocycles. The second-order valence-electron chi connectivity index (χ2n) is 13.1. The monoisotopic (exact) mass is 742 g/mol. The van der Waals surface area contributed by atoms with Crippen molar-refractivity contribution in [1.82, 2.24) is 24.8 Å². The van der Waals surface area contributed by atoms with Crippen LogP contribution in [0.25, 0.3) is 0 Å². The summed E-state index contributed by atoms with van der Waals surface area (Å²) in [4.78, 5) is 33.4. The number of carbonyl (C=O) groups is 2. The van der Waals surface area contributed by atoms with Gasteiger partial charge in [-0.15, -0.1) is 11.3 Å². The van der Waals surface area contributed by atoms with Crippen LogP contribution in [0.5, 0.6) is 0 Å². The standard InChI is InChI=1S/C36H50N6O7S2/c1-5-25(2)34(40-36(45)41(3)21-29-24-50-33(38-29)23-49-4)35(44)39-31(18-26-10-7-6-8-11-26)32(43)22-42(20-28-12-9-13-28)51(47,48)30-16-14-27(15-17-30)19-37-46/h6-8,10-11,14-17,19,24-25,28,31-32,34,43,46H,5,9,12-13,18,20-23H2,1-4H3,(H,39,44)(H,40,45)/b37-19+/t25?,31-,32+,34?/m0/s1. The number of benzene rings is 2. The van der Waals surface area contributed by atoms with Crippen LogP contribution in [0.2, 0.25) is 0 Å². The highest BCUT2D eigenvalue weighted by Gasteiger charge is 2.35. The predicted molar refractivity (Wildman–Crippen MR) is 196 cm³/mol. The van der Waals surface area contributed by atoms with Crippen LogP contribution in [0, 0.1) is 11.8 Å². The van der Waals surface area contributed by atoms with Gasteiger partial charge in [-0.2, -0.15) is 4.31 Å².